The fraction of sp³-hybridized carbons (Fsp3) is 0.292. The minimum absolute atomic E-state index is 0.00395. The molecule has 0 bridgehead atoms. The number of hydrogen-bond donors (Lipinski definition) is 4. The molecule has 2 heterocycles. The molecule has 0 aliphatic carbocycles. The molecule has 0 atom stereocenters. The van der Waals surface area contributed by atoms with Gasteiger partial charge in [0.1, 0.15) is 11.4 Å². The first-order chi connectivity index (χ1) is 17.9. The van der Waals surface area contributed by atoms with E-state index in [1.165, 1.54) is 6.92 Å². The molecule has 1 aromatic heterocycles. The number of alkyl halides is 3. The van der Waals surface area contributed by atoms with Gasteiger partial charge in [0.2, 0.25) is 11.9 Å². The largest absolute Gasteiger partial charge is 0.684 e. The van der Waals surface area contributed by atoms with Crippen LogP contribution < -0.4 is 16.0 Å². The van der Waals surface area contributed by atoms with Gasteiger partial charge in [-0.3, -0.25) is 9.35 Å². The molecule has 1 aliphatic rings. The molecule has 0 fully saturated rings. The second kappa shape index (κ2) is 12.1. The van der Waals surface area contributed by atoms with Crippen molar-refractivity contribution in [3.8, 4) is 0 Å². The number of carbonyl (C=O) groups is 1. The van der Waals surface area contributed by atoms with Gasteiger partial charge in [-0.1, -0.05) is 31.2 Å². The summed E-state index contributed by atoms with van der Waals surface area (Å²) >= 11 is 0. The molecule has 14 heteroatoms. The third-order valence-corrected chi connectivity index (χ3v) is 5.94. The van der Waals surface area contributed by atoms with Crippen molar-refractivity contribution in [1.82, 2.24) is 9.97 Å². The van der Waals surface area contributed by atoms with Crippen LogP contribution in [0.3, 0.4) is 0 Å². The third-order valence-electron chi connectivity index (χ3n) is 5.21. The summed E-state index contributed by atoms with van der Waals surface area (Å²) in [6.45, 7) is 3.94. The first kappa shape index (κ1) is 28.7. The molecular weight excluding hydrogens is 525 g/mol. The van der Waals surface area contributed by atoms with E-state index in [0.717, 1.165) is 17.3 Å². The summed E-state index contributed by atoms with van der Waals surface area (Å²) in [6.07, 6.45) is -3.63. The molecule has 0 radical (unpaired) electrons. The van der Waals surface area contributed by atoms with Crippen LogP contribution in [0.25, 0.3) is 5.32 Å². The van der Waals surface area contributed by atoms with E-state index in [4.69, 9.17) is 4.55 Å². The molecule has 2 aromatic carbocycles. The number of anilines is 4. The highest BCUT2D eigenvalue weighted by Gasteiger charge is 2.35. The van der Waals surface area contributed by atoms with Crippen molar-refractivity contribution >= 4 is 44.9 Å². The van der Waals surface area contributed by atoms with Gasteiger partial charge >= 0.3 is 6.18 Å². The van der Waals surface area contributed by atoms with Crippen molar-refractivity contribution in [2.75, 3.05) is 28.2 Å². The van der Waals surface area contributed by atoms with Crippen LogP contribution in [0.4, 0.5) is 42.0 Å². The molecule has 4 rings (SSSR count). The summed E-state index contributed by atoms with van der Waals surface area (Å²) in [5.41, 5.74) is 2.58. The van der Waals surface area contributed by atoms with Gasteiger partial charge in [0, 0.05) is 24.1 Å². The SMILES string of the molecule is CCS(=O)(=O)O.CC[N-]c1ccccc1CNc1nc(Nc2ccc3c(c2)CC(=O)N3)ncc1C(F)(F)F. The lowest BCUT2D eigenvalue weighted by Crippen LogP contribution is -2.14. The maximum atomic E-state index is 13.5. The van der Waals surface area contributed by atoms with E-state index < -0.39 is 21.9 Å². The van der Waals surface area contributed by atoms with Crippen molar-refractivity contribution in [3.05, 3.63) is 70.7 Å². The zero-order valence-corrected chi connectivity index (χ0v) is 21.3. The Morgan fingerprint density at radius 2 is 1.87 bits per heavy atom. The number of nitrogens with one attached hydrogen (secondary N) is 3. The predicted molar refractivity (Wildman–Crippen MR) is 139 cm³/mol. The number of rotatable bonds is 8. The highest BCUT2D eigenvalue weighted by molar-refractivity contribution is 7.85. The van der Waals surface area contributed by atoms with Crippen LogP contribution in [0.2, 0.25) is 0 Å². The van der Waals surface area contributed by atoms with Crippen LogP contribution in [-0.2, 0) is 34.1 Å². The summed E-state index contributed by atoms with van der Waals surface area (Å²) in [5, 5.41) is 12.8. The number of amides is 1. The van der Waals surface area contributed by atoms with Gasteiger partial charge < -0.3 is 21.3 Å². The van der Waals surface area contributed by atoms with Gasteiger partial charge in [-0.2, -0.15) is 26.6 Å². The van der Waals surface area contributed by atoms with Gasteiger partial charge in [0.05, 0.1) is 12.2 Å². The van der Waals surface area contributed by atoms with Crippen LogP contribution in [0.1, 0.15) is 30.5 Å². The van der Waals surface area contributed by atoms with Crippen LogP contribution in [0.5, 0.6) is 0 Å². The Balaban J connectivity index is 0.000000599. The van der Waals surface area contributed by atoms with E-state index in [1.54, 1.807) is 30.3 Å². The topological polar surface area (TPSA) is 147 Å². The number of carbonyl (C=O) groups excluding carboxylic acids is 1. The van der Waals surface area contributed by atoms with Crippen LogP contribution >= 0.6 is 0 Å². The average molecular weight is 552 g/mol. The maximum absolute atomic E-state index is 13.5. The lowest BCUT2D eigenvalue weighted by Gasteiger charge is -2.23. The standard InChI is InChI=1S/C22H20F3N6O.C2H6O3S/c1-2-26-17-6-4-3-5-13(17)11-27-20-16(22(23,24)25)12-28-21(31-20)29-15-7-8-18-14(9-15)10-19(32)30-18;1-2-6(3,4)5/h3-9,12H,2,10-11H2,1H3,(H,30,32)(H2,27,28,29,31);2H2,1H3,(H,3,4,5)/q-1;. The molecule has 1 aliphatic heterocycles. The van der Waals surface area contributed by atoms with Gasteiger partial charge in [0.25, 0.3) is 10.1 Å². The Kier molecular flexibility index (Phi) is 9.12. The number of aromatic nitrogens is 2. The molecule has 3 aromatic rings. The number of para-hydroxylation sites is 1. The predicted octanol–water partition coefficient (Wildman–Crippen LogP) is 5.26. The van der Waals surface area contributed by atoms with Gasteiger partial charge in [-0.25, -0.2) is 4.98 Å². The number of fused-ring (bicyclic) bond motifs is 1. The van der Waals surface area contributed by atoms with Crippen molar-refractivity contribution in [3.63, 3.8) is 0 Å². The summed E-state index contributed by atoms with van der Waals surface area (Å²) in [4.78, 5) is 19.4. The lowest BCUT2D eigenvalue weighted by atomic mass is 10.1. The molecule has 4 N–H and O–H groups in total. The minimum atomic E-state index is -4.62. The van der Waals surface area contributed by atoms with Crippen molar-refractivity contribution in [2.45, 2.75) is 33.0 Å². The van der Waals surface area contributed by atoms with E-state index in [2.05, 4.69) is 31.2 Å². The van der Waals surface area contributed by atoms with E-state index in [1.807, 2.05) is 19.1 Å². The quantitative estimate of drug-likeness (QED) is 0.277. The summed E-state index contributed by atoms with van der Waals surface area (Å²) in [5.74, 6) is -0.638. The lowest BCUT2D eigenvalue weighted by molar-refractivity contribution is -0.137. The molecule has 1 amide bonds. The normalized spacial score (nSPS) is 12.6. The Morgan fingerprint density at radius 1 is 1.16 bits per heavy atom. The van der Waals surface area contributed by atoms with Gasteiger partial charge in [-0.15, -0.1) is 12.2 Å². The zero-order chi connectivity index (χ0) is 27.9. The highest BCUT2D eigenvalue weighted by Crippen LogP contribution is 2.35. The van der Waals surface area contributed by atoms with E-state index >= 15 is 0 Å². The molecule has 0 spiro atoms. The Morgan fingerprint density at radius 3 is 2.53 bits per heavy atom. The molecule has 0 saturated heterocycles. The number of benzene rings is 2. The smallest absolute Gasteiger partial charge is 0.421 e. The molecule has 10 nitrogen and oxygen atoms in total. The van der Waals surface area contributed by atoms with Crippen molar-refractivity contribution in [2.24, 2.45) is 0 Å². The van der Waals surface area contributed by atoms with Crippen LogP contribution in [-0.4, -0.2) is 41.1 Å². The highest BCUT2D eigenvalue weighted by atomic mass is 32.2. The first-order valence-electron chi connectivity index (χ1n) is 11.5. The Bertz CT molecular complexity index is 1400. The summed E-state index contributed by atoms with van der Waals surface area (Å²) in [6, 6.07) is 12.4. The molecular formula is C24H26F3N6O4S-. The van der Waals surface area contributed by atoms with Crippen molar-refractivity contribution < 1.29 is 30.9 Å². The molecule has 38 heavy (non-hydrogen) atoms. The minimum Gasteiger partial charge on any atom is -0.684 e. The monoisotopic (exact) mass is 551 g/mol. The number of hydrogen-bond acceptors (Lipinski definition) is 7. The van der Waals surface area contributed by atoms with E-state index in [9.17, 15) is 26.4 Å². The zero-order valence-electron chi connectivity index (χ0n) is 20.5. The maximum Gasteiger partial charge on any atom is 0.421 e. The number of halogens is 3. The van der Waals surface area contributed by atoms with Crippen LogP contribution in [0.15, 0.2) is 48.7 Å². The van der Waals surface area contributed by atoms with Crippen molar-refractivity contribution in [1.29, 1.82) is 0 Å². The summed E-state index contributed by atoms with van der Waals surface area (Å²) < 4.78 is 67.5. The fourth-order valence-electron chi connectivity index (χ4n) is 3.38. The first-order valence-corrected chi connectivity index (χ1v) is 13.1. The Labute approximate surface area is 217 Å². The van der Waals surface area contributed by atoms with Crippen LogP contribution in [0, 0.1) is 0 Å². The fourth-order valence-corrected chi connectivity index (χ4v) is 3.38. The van der Waals surface area contributed by atoms with Gasteiger partial charge in [-0.05, 0) is 36.2 Å². The second-order valence-corrected chi connectivity index (χ2v) is 9.74. The second-order valence-electron chi connectivity index (χ2n) is 8.00. The Hall–Kier alpha value is -3.91. The molecule has 204 valence electrons. The average Bonchev–Trinajstić information content (AvgIpc) is 3.22. The van der Waals surface area contributed by atoms with Gasteiger partial charge in [0.15, 0.2) is 0 Å². The molecule has 0 unspecified atom stereocenters. The van der Waals surface area contributed by atoms with E-state index in [0.29, 0.717) is 23.6 Å². The summed E-state index contributed by atoms with van der Waals surface area (Å²) in [7, 11) is -3.66. The molecule has 0 saturated carbocycles. The third kappa shape index (κ3) is 8.05. The number of nitrogens with zero attached hydrogens (tertiary/aromatic N) is 3. The van der Waals surface area contributed by atoms with E-state index in [-0.39, 0.29) is 36.4 Å².